The van der Waals surface area contributed by atoms with Crippen molar-refractivity contribution in [3.05, 3.63) is 59.2 Å². The van der Waals surface area contributed by atoms with Gasteiger partial charge in [-0.2, -0.15) is 0 Å². The lowest BCUT2D eigenvalue weighted by atomic mass is 9.86. The van der Waals surface area contributed by atoms with Crippen molar-refractivity contribution >= 4 is 17.4 Å². The number of benzene rings is 2. The molecular formula is C23H31N3O. The van der Waals surface area contributed by atoms with Crippen LogP contribution in [0.5, 0.6) is 0 Å². The third-order valence-corrected chi connectivity index (χ3v) is 5.30. The molecule has 1 fully saturated rings. The summed E-state index contributed by atoms with van der Waals surface area (Å²) in [6.07, 6.45) is 0. The van der Waals surface area contributed by atoms with Gasteiger partial charge in [0.25, 0.3) is 0 Å². The summed E-state index contributed by atoms with van der Waals surface area (Å²) in [5.74, 6) is 0. The molecule has 0 aromatic heterocycles. The lowest BCUT2D eigenvalue weighted by molar-refractivity contribution is 0.208. The Balaban J connectivity index is 1.66. The molecule has 0 atom stereocenters. The fourth-order valence-corrected chi connectivity index (χ4v) is 3.88. The van der Waals surface area contributed by atoms with Crippen molar-refractivity contribution in [1.82, 2.24) is 4.90 Å². The van der Waals surface area contributed by atoms with Gasteiger partial charge in [0.1, 0.15) is 0 Å². The minimum absolute atomic E-state index is 0.00662. The molecule has 0 radical (unpaired) electrons. The predicted octanol–water partition coefficient (Wildman–Crippen LogP) is 4.96. The van der Waals surface area contributed by atoms with Crippen molar-refractivity contribution in [3.8, 4) is 0 Å². The summed E-state index contributed by atoms with van der Waals surface area (Å²) >= 11 is 0. The fraction of sp³-hybridized carbons (Fsp3) is 0.435. The van der Waals surface area contributed by atoms with E-state index < -0.39 is 0 Å². The number of hydrogen-bond donors (Lipinski definition) is 1. The number of carbonyl (C=O) groups is 1. The Morgan fingerprint density at radius 2 is 1.48 bits per heavy atom. The van der Waals surface area contributed by atoms with Crippen molar-refractivity contribution < 1.29 is 4.79 Å². The van der Waals surface area contributed by atoms with E-state index in [0.717, 1.165) is 37.4 Å². The van der Waals surface area contributed by atoms with Crippen molar-refractivity contribution in [3.63, 3.8) is 0 Å². The monoisotopic (exact) mass is 365 g/mol. The van der Waals surface area contributed by atoms with Crippen LogP contribution in [-0.2, 0) is 5.41 Å². The van der Waals surface area contributed by atoms with E-state index in [1.54, 1.807) is 0 Å². The van der Waals surface area contributed by atoms with E-state index in [4.69, 9.17) is 0 Å². The zero-order chi connectivity index (χ0) is 19.6. The van der Waals surface area contributed by atoms with E-state index in [1.165, 1.54) is 16.8 Å². The molecule has 0 aliphatic carbocycles. The van der Waals surface area contributed by atoms with E-state index in [2.05, 4.69) is 69.1 Å². The first-order valence-corrected chi connectivity index (χ1v) is 9.74. The average molecular weight is 366 g/mol. The van der Waals surface area contributed by atoms with Crippen LogP contribution in [0.4, 0.5) is 16.2 Å². The fourth-order valence-electron chi connectivity index (χ4n) is 3.88. The van der Waals surface area contributed by atoms with E-state index in [1.807, 2.05) is 23.1 Å². The number of para-hydroxylation sites is 2. The summed E-state index contributed by atoms with van der Waals surface area (Å²) in [4.78, 5) is 17.1. The van der Waals surface area contributed by atoms with Gasteiger partial charge in [-0.05, 0) is 42.0 Å². The zero-order valence-corrected chi connectivity index (χ0v) is 17.2. The van der Waals surface area contributed by atoms with Crippen LogP contribution in [0, 0.1) is 13.8 Å². The van der Waals surface area contributed by atoms with Gasteiger partial charge in [0, 0.05) is 37.6 Å². The molecule has 27 heavy (non-hydrogen) atoms. The maximum Gasteiger partial charge on any atom is 0.321 e. The van der Waals surface area contributed by atoms with Gasteiger partial charge < -0.3 is 15.1 Å². The minimum Gasteiger partial charge on any atom is -0.368 e. The van der Waals surface area contributed by atoms with Gasteiger partial charge in [0.2, 0.25) is 0 Å². The van der Waals surface area contributed by atoms with Gasteiger partial charge in [0.05, 0.1) is 0 Å². The topological polar surface area (TPSA) is 35.6 Å². The molecule has 2 amide bonds. The number of nitrogens with zero attached hydrogens (tertiary/aromatic N) is 2. The molecule has 1 aliphatic heterocycles. The molecule has 0 unspecified atom stereocenters. The molecule has 1 heterocycles. The molecule has 1 N–H and O–H groups in total. The molecule has 4 heteroatoms. The maximum absolute atomic E-state index is 12.8. The van der Waals surface area contributed by atoms with Gasteiger partial charge in [-0.1, -0.05) is 57.2 Å². The largest absolute Gasteiger partial charge is 0.368 e. The predicted molar refractivity (Wildman–Crippen MR) is 114 cm³/mol. The molecule has 1 saturated heterocycles. The Kier molecular flexibility index (Phi) is 5.45. The SMILES string of the molecule is Cc1cccc(C)c1N1CCN(C(=O)Nc2ccccc2C(C)(C)C)CC1. The van der Waals surface area contributed by atoms with Crippen LogP contribution < -0.4 is 10.2 Å². The Bertz CT molecular complexity index is 794. The highest BCUT2D eigenvalue weighted by Gasteiger charge is 2.24. The number of hydrogen-bond acceptors (Lipinski definition) is 2. The van der Waals surface area contributed by atoms with Crippen LogP contribution in [0.1, 0.15) is 37.5 Å². The summed E-state index contributed by atoms with van der Waals surface area (Å²) in [5.41, 5.74) is 5.97. The molecule has 4 nitrogen and oxygen atoms in total. The Hall–Kier alpha value is -2.49. The number of urea groups is 1. The molecular weight excluding hydrogens is 334 g/mol. The zero-order valence-electron chi connectivity index (χ0n) is 17.2. The summed E-state index contributed by atoms with van der Waals surface area (Å²) in [5, 5.41) is 3.13. The maximum atomic E-state index is 12.8. The van der Waals surface area contributed by atoms with Gasteiger partial charge >= 0.3 is 6.03 Å². The molecule has 2 aromatic rings. The number of rotatable bonds is 2. The molecule has 144 valence electrons. The molecule has 3 rings (SSSR count). The highest BCUT2D eigenvalue weighted by Crippen LogP contribution is 2.30. The number of anilines is 2. The minimum atomic E-state index is -0.00899. The lowest BCUT2D eigenvalue weighted by Crippen LogP contribution is -2.50. The molecule has 2 aromatic carbocycles. The molecule has 1 aliphatic rings. The standard InChI is InChI=1S/C23H31N3O/c1-17-9-8-10-18(2)21(17)25-13-15-26(16-14-25)22(27)24-20-12-7-6-11-19(20)23(3,4)5/h6-12H,13-16H2,1-5H3,(H,24,27). The van der Waals surface area contributed by atoms with Gasteiger partial charge in [-0.15, -0.1) is 0 Å². The third-order valence-electron chi connectivity index (χ3n) is 5.30. The number of nitrogens with one attached hydrogen (secondary N) is 1. The van der Waals surface area contributed by atoms with Crippen molar-refractivity contribution in [1.29, 1.82) is 0 Å². The third kappa shape index (κ3) is 4.26. The summed E-state index contributed by atoms with van der Waals surface area (Å²) in [6.45, 7) is 14.0. The second-order valence-corrected chi connectivity index (χ2v) is 8.44. The quantitative estimate of drug-likeness (QED) is 0.817. The van der Waals surface area contributed by atoms with E-state index in [0.29, 0.717) is 0 Å². The first kappa shape index (κ1) is 19.3. The van der Waals surface area contributed by atoms with Crippen LogP contribution in [0.2, 0.25) is 0 Å². The Labute approximate surface area is 163 Å². The van der Waals surface area contributed by atoms with Crippen LogP contribution in [0.3, 0.4) is 0 Å². The highest BCUT2D eigenvalue weighted by atomic mass is 16.2. The highest BCUT2D eigenvalue weighted by molar-refractivity contribution is 5.90. The Morgan fingerprint density at radius 3 is 2.07 bits per heavy atom. The first-order valence-electron chi connectivity index (χ1n) is 9.74. The van der Waals surface area contributed by atoms with E-state index in [-0.39, 0.29) is 11.4 Å². The van der Waals surface area contributed by atoms with Crippen LogP contribution in [0.25, 0.3) is 0 Å². The van der Waals surface area contributed by atoms with Crippen molar-refractivity contribution in [2.24, 2.45) is 0 Å². The molecule has 0 bridgehead atoms. The summed E-state index contributed by atoms with van der Waals surface area (Å²) < 4.78 is 0. The average Bonchev–Trinajstić information content (AvgIpc) is 2.61. The van der Waals surface area contributed by atoms with Crippen LogP contribution >= 0.6 is 0 Å². The summed E-state index contributed by atoms with van der Waals surface area (Å²) in [6, 6.07) is 14.5. The van der Waals surface area contributed by atoms with Crippen molar-refractivity contribution in [2.75, 3.05) is 36.4 Å². The second-order valence-electron chi connectivity index (χ2n) is 8.44. The van der Waals surface area contributed by atoms with Gasteiger partial charge in [0.15, 0.2) is 0 Å². The van der Waals surface area contributed by atoms with E-state index in [9.17, 15) is 4.79 Å². The molecule has 0 spiro atoms. The lowest BCUT2D eigenvalue weighted by Gasteiger charge is -2.37. The van der Waals surface area contributed by atoms with Gasteiger partial charge in [-0.25, -0.2) is 4.79 Å². The number of amides is 2. The van der Waals surface area contributed by atoms with E-state index >= 15 is 0 Å². The van der Waals surface area contributed by atoms with Crippen LogP contribution in [-0.4, -0.2) is 37.1 Å². The normalized spacial score (nSPS) is 15.0. The van der Waals surface area contributed by atoms with Gasteiger partial charge in [-0.3, -0.25) is 0 Å². The number of aryl methyl sites for hydroxylation is 2. The molecule has 0 saturated carbocycles. The van der Waals surface area contributed by atoms with Crippen molar-refractivity contribution in [2.45, 2.75) is 40.0 Å². The second kappa shape index (κ2) is 7.63. The number of piperazine rings is 1. The Morgan fingerprint density at radius 1 is 0.889 bits per heavy atom. The van der Waals surface area contributed by atoms with Crippen LogP contribution in [0.15, 0.2) is 42.5 Å². The summed E-state index contributed by atoms with van der Waals surface area (Å²) in [7, 11) is 0. The number of carbonyl (C=O) groups excluding carboxylic acids is 1. The first-order chi connectivity index (χ1) is 12.8. The smallest absolute Gasteiger partial charge is 0.321 e.